The fraction of sp³-hybridized carbons (Fsp3) is 0.182. The van der Waals surface area contributed by atoms with Crippen molar-refractivity contribution in [1.82, 2.24) is 9.78 Å². The van der Waals surface area contributed by atoms with Crippen molar-refractivity contribution in [2.24, 2.45) is 0 Å². The van der Waals surface area contributed by atoms with Crippen LogP contribution >= 0.6 is 0 Å². The van der Waals surface area contributed by atoms with Gasteiger partial charge in [0, 0.05) is 12.3 Å². The highest BCUT2D eigenvalue weighted by atomic mass is 19.4. The molecule has 96 valence electrons. The number of rotatable bonds is 3. The lowest BCUT2D eigenvalue weighted by Gasteiger charge is -2.10. The zero-order chi connectivity index (χ0) is 13.2. The number of aromatic nitrogens is 2. The van der Waals surface area contributed by atoms with E-state index in [-0.39, 0.29) is 12.5 Å². The number of nitrogen functional groups attached to an aromatic ring is 1. The molecule has 0 saturated carbocycles. The number of ether oxygens (including phenoxy) is 1. The van der Waals surface area contributed by atoms with E-state index in [4.69, 9.17) is 10.5 Å². The van der Waals surface area contributed by atoms with Crippen molar-refractivity contribution in [3.8, 4) is 5.75 Å². The fourth-order valence-electron chi connectivity index (χ4n) is 1.35. The largest absolute Gasteiger partial charge is 0.471 e. The van der Waals surface area contributed by atoms with E-state index in [1.807, 2.05) is 0 Å². The molecule has 2 aromatic rings. The number of nitrogens with zero attached hydrogens (tertiary/aromatic N) is 2. The molecule has 7 heteroatoms. The second-order valence-corrected chi connectivity index (χ2v) is 3.58. The first-order chi connectivity index (χ1) is 8.45. The van der Waals surface area contributed by atoms with Crippen molar-refractivity contribution in [3.63, 3.8) is 0 Å². The van der Waals surface area contributed by atoms with Crippen LogP contribution in [0.25, 0.3) is 0 Å². The van der Waals surface area contributed by atoms with Gasteiger partial charge in [-0.2, -0.15) is 18.3 Å². The van der Waals surface area contributed by atoms with E-state index < -0.39 is 11.7 Å². The van der Waals surface area contributed by atoms with Crippen molar-refractivity contribution in [1.29, 1.82) is 0 Å². The molecule has 0 radical (unpaired) electrons. The molecule has 0 unspecified atom stereocenters. The topological polar surface area (TPSA) is 53.1 Å². The first kappa shape index (κ1) is 12.3. The van der Waals surface area contributed by atoms with Crippen molar-refractivity contribution >= 4 is 5.82 Å². The van der Waals surface area contributed by atoms with E-state index >= 15 is 0 Å². The van der Waals surface area contributed by atoms with Crippen LogP contribution < -0.4 is 10.5 Å². The predicted molar refractivity (Wildman–Crippen MR) is 58.7 cm³/mol. The van der Waals surface area contributed by atoms with Gasteiger partial charge in [-0.3, -0.25) is 0 Å². The summed E-state index contributed by atoms with van der Waals surface area (Å²) in [5.74, 6) is 0.446. The molecule has 2 rings (SSSR count). The van der Waals surface area contributed by atoms with Crippen molar-refractivity contribution < 1.29 is 17.9 Å². The second-order valence-electron chi connectivity index (χ2n) is 3.58. The zero-order valence-corrected chi connectivity index (χ0v) is 9.19. The van der Waals surface area contributed by atoms with Crippen molar-refractivity contribution in [3.05, 3.63) is 42.1 Å². The third-order valence-electron chi connectivity index (χ3n) is 2.19. The van der Waals surface area contributed by atoms with E-state index in [1.165, 1.54) is 16.8 Å². The Hall–Kier alpha value is -2.18. The highest BCUT2D eigenvalue weighted by molar-refractivity contribution is 5.30. The van der Waals surface area contributed by atoms with Gasteiger partial charge >= 0.3 is 6.18 Å². The van der Waals surface area contributed by atoms with Gasteiger partial charge < -0.3 is 10.5 Å². The number of alkyl halides is 3. The molecule has 0 amide bonds. The number of benzene rings is 1. The highest BCUT2D eigenvalue weighted by Crippen LogP contribution is 2.31. The van der Waals surface area contributed by atoms with Crippen LogP contribution in [0, 0.1) is 0 Å². The molecular formula is C11H10F3N3O. The number of nitrogens with two attached hydrogens (primary N) is 1. The summed E-state index contributed by atoms with van der Waals surface area (Å²) in [4.78, 5) is 0. The Bertz CT molecular complexity index is 536. The Kier molecular flexibility index (Phi) is 3.14. The minimum Gasteiger partial charge on any atom is -0.471 e. The Balaban J connectivity index is 2.06. The Labute approximate surface area is 101 Å². The van der Waals surface area contributed by atoms with Crippen LogP contribution in [0.5, 0.6) is 5.75 Å². The van der Waals surface area contributed by atoms with Crippen LogP contribution in [0.3, 0.4) is 0 Å². The normalized spacial score (nSPS) is 11.5. The summed E-state index contributed by atoms with van der Waals surface area (Å²) in [7, 11) is 0. The summed E-state index contributed by atoms with van der Waals surface area (Å²) in [6, 6.07) is 6.22. The van der Waals surface area contributed by atoms with Gasteiger partial charge in [0.2, 0.25) is 0 Å². The Morgan fingerprint density at radius 2 is 2.06 bits per heavy atom. The lowest BCUT2D eigenvalue weighted by atomic mass is 10.2. The van der Waals surface area contributed by atoms with Gasteiger partial charge in [-0.25, -0.2) is 4.68 Å². The van der Waals surface area contributed by atoms with Crippen LogP contribution in [-0.4, -0.2) is 9.78 Å². The molecule has 2 N–H and O–H groups in total. The van der Waals surface area contributed by atoms with Gasteiger partial charge in [0.05, 0.1) is 5.56 Å². The summed E-state index contributed by atoms with van der Waals surface area (Å²) in [5, 5.41) is 3.84. The lowest BCUT2D eigenvalue weighted by molar-refractivity contribution is -0.137. The summed E-state index contributed by atoms with van der Waals surface area (Å²) < 4.78 is 43.9. The van der Waals surface area contributed by atoms with Crippen LogP contribution in [-0.2, 0) is 12.9 Å². The second kappa shape index (κ2) is 4.59. The summed E-state index contributed by atoms with van der Waals surface area (Å²) in [6.07, 6.45) is -2.81. The average Bonchev–Trinajstić information content (AvgIpc) is 2.72. The van der Waals surface area contributed by atoms with Crippen LogP contribution in [0.15, 0.2) is 36.5 Å². The molecule has 0 aliphatic carbocycles. The van der Waals surface area contributed by atoms with Crippen LogP contribution in [0.1, 0.15) is 5.56 Å². The van der Waals surface area contributed by atoms with Crippen LogP contribution in [0.4, 0.5) is 19.0 Å². The Morgan fingerprint density at radius 1 is 1.28 bits per heavy atom. The highest BCUT2D eigenvalue weighted by Gasteiger charge is 2.30. The molecule has 0 aliphatic rings. The van der Waals surface area contributed by atoms with E-state index in [9.17, 15) is 13.2 Å². The molecular weight excluding hydrogens is 247 g/mol. The van der Waals surface area contributed by atoms with E-state index in [0.717, 1.165) is 12.1 Å². The summed E-state index contributed by atoms with van der Waals surface area (Å²) >= 11 is 0. The molecule has 1 aromatic heterocycles. The molecule has 1 aromatic carbocycles. The van der Waals surface area contributed by atoms with Gasteiger partial charge in [0.15, 0.2) is 6.73 Å². The third-order valence-corrected chi connectivity index (χ3v) is 2.19. The van der Waals surface area contributed by atoms with Crippen LogP contribution in [0.2, 0.25) is 0 Å². The van der Waals surface area contributed by atoms with Gasteiger partial charge in [-0.1, -0.05) is 6.07 Å². The number of hydrogen-bond donors (Lipinski definition) is 1. The lowest BCUT2D eigenvalue weighted by Crippen LogP contribution is -2.08. The first-order valence-corrected chi connectivity index (χ1v) is 5.04. The molecule has 0 spiro atoms. The van der Waals surface area contributed by atoms with Gasteiger partial charge in [0.1, 0.15) is 11.6 Å². The molecule has 0 saturated heterocycles. The molecule has 1 heterocycles. The molecule has 4 nitrogen and oxygen atoms in total. The average molecular weight is 257 g/mol. The molecule has 0 aliphatic heterocycles. The smallest absolute Gasteiger partial charge is 0.416 e. The minimum atomic E-state index is -4.38. The first-order valence-electron chi connectivity index (χ1n) is 5.04. The van der Waals surface area contributed by atoms with Crippen molar-refractivity contribution in [2.45, 2.75) is 12.9 Å². The van der Waals surface area contributed by atoms with Gasteiger partial charge in [-0.15, -0.1) is 0 Å². The molecule has 0 bridgehead atoms. The number of hydrogen-bond acceptors (Lipinski definition) is 3. The molecule has 18 heavy (non-hydrogen) atoms. The van der Waals surface area contributed by atoms with Gasteiger partial charge in [-0.05, 0) is 18.2 Å². The van der Waals surface area contributed by atoms with Gasteiger partial charge in [0.25, 0.3) is 0 Å². The van der Waals surface area contributed by atoms with E-state index in [0.29, 0.717) is 5.82 Å². The van der Waals surface area contributed by atoms with Crippen molar-refractivity contribution in [2.75, 3.05) is 5.73 Å². The maximum atomic E-state index is 12.4. The quantitative estimate of drug-likeness (QED) is 0.919. The standard InChI is InChI=1S/C11H10F3N3O/c12-11(13,14)8-2-1-3-9(6-8)18-7-17-5-4-10(15)16-17/h1-6H,7H2,(H2,15,16). The van der Waals surface area contributed by atoms with E-state index in [1.54, 1.807) is 12.3 Å². The third kappa shape index (κ3) is 2.93. The van der Waals surface area contributed by atoms with E-state index in [2.05, 4.69) is 5.10 Å². The Morgan fingerprint density at radius 3 is 2.67 bits per heavy atom. The number of anilines is 1. The maximum Gasteiger partial charge on any atom is 0.416 e. The minimum absolute atomic E-state index is 0.00148. The zero-order valence-electron chi connectivity index (χ0n) is 9.19. The summed E-state index contributed by atoms with van der Waals surface area (Å²) in [6.45, 7) is -0.00148. The number of halogens is 3. The predicted octanol–water partition coefficient (Wildman–Crippen LogP) is 2.52. The molecule has 0 fully saturated rings. The SMILES string of the molecule is Nc1ccn(COc2cccc(C(F)(F)F)c2)n1. The fourth-order valence-corrected chi connectivity index (χ4v) is 1.35. The maximum absolute atomic E-state index is 12.4. The summed E-state index contributed by atoms with van der Waals surface area (Å²) in [5.41, 5.74) is 4.64. The molecule has 0 atom stereocenters. The monoisotopic (exact) mass is 257 g/mol.